The zero-order valence-corrected chi connectivity index (χ0v) is 28.7. The van der Waals surface area contributed by atoms with Crippen LogP contribution in [0.15, 0.2) is 71.8 Å². The maximum Gasteiger partial charge on any atom is 0.311 e. The Morgan fingerprint density at radius 3 is 2.33 bits per heavy atom. The van der Waals surface area contributed by atoms with Crippen LogP contribution < -0.4 is 0 Å². The first-order chi connectivity index (χ1) is 22.0. The highest BCUT2D eigenvalue weighted by Crippen LogP contribution is 2.36. The lowest BCUT2D eigenvalue weighted by Gasteiger charge is -2.36. The van der Waals surface area contributed by atoms with Gasteiger partial charge in [-0.1, -0.05) is 68.8 Å². The molecule has 1 aliphatic rings. The van der Waals surface area contributed by atoms with Gasteiger partial charge in [-0.3, -0.25) is 13.8 Å². The lowest BCUT2D eigenvalue weighted by atomic mass is 9.84. The first kappa shape index (κ1) is 37.4. The lowest BCUT2D eigenvalue weighted by molar-refractivity contribution is -0.152. The molecule has 2 aromatic carbocycles. The van der Waals surface area contributed by atoms with E-state index < -0.39 is 22.1 Å². The zero-order chi connectivity index (χ0) is 33.7. The molecule has 0 bridgehead atoms. The van der Waals surface area contributed by atoms with Crippen LogP contribution in [0.4, 0.5) is 0 Å². The van der Waals surface area contributed by atoms with Gasteiger partial charge in [0.2, 0.25) is 0 Å². The van der Waals surface area contributed by atoms with Crippen LogP contribution in [0.1, 0.15) is 70.9 Å². The third-order valence-corrected chi connectivity index (χ3v) is 9.99. The van der Waals surface area contributed by atoms with Crippen LogP contribution in [0.25, 0.3) is 0 Å². The topological polar surface area (TPSA) is 114 Å². The monoisotopic (exact) mass is 658 g/mol. The number of benzene rings is 2. The van der Waals surface area contributed by atoms with E-state index in [4.69, 9.17) is 23.1 Å². The van der Waals surface area contributed by atoms with Gasteiger partial charge in [0.15, 0.2) is 5.78 Å². The number of ketones is 1. The molecular formula is C36H50O9S. The molecule has 46 heavy (non-hydrogen) atoms. The van der Waals surface area contributed by atoms with E-state index in [2.05, 4.69) is 6.92 Å². The van der Waals surface area contributed by atoms with Gasteiger partial charge in [-0.05, 0) is 50.8 Å². The van der Waals surface area contributed by atoms with Crippen LogP contribution in [0.3, 0.4) is 0 Å². The molecule has 10 heteroatoms. The summed E-state index contributed by atoms with van der Waals surface area (Å²) in [5.41, 5.74) is 1.95. The highest BCUT2D eigenvalue weighted by Gasteiger charge is 2.41. The van der Waals surface area contributed by atoms with Crippen molar-refractivity contribution in [3.8, 4) is 0 Å². The summed E-state index contributed by atoms with van der Waals surface area (Å²) in [4.78, 5) is 24.5. The molecule has 1 aliphatic heterocycles. The predicted molar refractivity (Wildman–Crippen MR) is 175 cm³/mol. The molecule has 2 aromatic rings. The molecule has 0 unspecified atom stereocenters. The third kappa shape index (κ3) is 11.0. The Balaban J connectivity index is 1.82. The second-order valence-electron chi connectivity index (χ2n) is 12.2. The Kier molecular flexibility index (Phi) is 14.9. The second kappa shape index (κ2) is 18.3. The van der Waals surface area contributed by atoms with Crippen molar-refractivity contribution in [1.82, 2.24) is 0 Å². The average molecular weight is 659 g/mol. The summed E-state index contributed by atoms with van der Waals surface area (Å²) >= 11 is 0. The summed E-state index contributed by atoms with van der Waals surface area (Å²) in [6.45, 7) is 9.92. The van der Waals surface area contributed by atoms with E-state index in [0.29, 0.717) is 13.0 Å². The van der Waals surface area contributed by atoms with E-state index in [9.17, 15) is 18.0 Å². The minimum atomic E-state index is -3.98. The quantitative estimate of drug-likeness (QED) is 0.0715. The molecule has 1 saturated heterocycles. The largest absolute Gasteiger partial charge is 0.497 e. The standard InChI is InChI=1S/C36H50O9S/c1-7-11-30(37)20-22-42-32(21-23-44-46(39,40)31-16-14-25(2)15-17-31)26(3)35(43-24-29-12-9-8-10-13-29)27(4)33-18-19-34(45-33)28(5)36(38)41-6/h8-10,12-17,20,22,26-28,32-35H,7,11,18-19,21,23-24H2,1-6H3/b22-20+/t26-,27-,28-,32-,33+,34-,35+/m1/s1. The molecule has 0 spiro atoms. The summed E-state index contributed by atoms with van der Waals surface area (Å²) in [5.74, 6) is -1.12. The SMILES string of the molecule is CCCC(=O)/C=C/O[C@H](CCOS(=O)(=O)c1ccc(C)cc1)[C@@H](C)[C@H](OCc1ccccc1)[C@H](C)[C@@H]1CC[C@H]([C@@H](C)C(=O)OC)O1. The van der Waals surface area contributed by atoms with Crippen molar-refractivity contribution in [3.05, 3.63) is 78.1 Å². The predicted octanol–water partition coefficient (Wildman–Crippen LogP) is 6.57. The van der Waals surface area contributed by atoms with Gasteiger partial charge in [0, 0.05) is 30.8 Å². The number of methoxy groups -OCH3 is 1. The third-order valence-electron chi connectivity index (χ3n) is 8.66. The Labute approximate surface area is 274 Å². The highest BCUT2D eigenvalue weighted by molar-refractivity contribution is 7.86. The molecule has 0 radical (unpaired) electrons. The van der Waals surface area contributed by atoms with Gasteiger partial charge in [0.25, 0.3) is 10.1 Å². The lowest BCUT2D eigenvalue weighted by Crippen LogP contribution is -2.42. The first-order valence-electron chi connectivity index (χ1n) is 16.2. The number of allylic oxidation sites excluding steroid dienone is 1. The highest BCUT2D eigenvalue weighted by atomic mass is 32.2. The fraction of sp³-hybridized carbons (Fsp3) is 0.556. The van der Waals surface area contributed by atoms with E-state index in [-0.39, 0.29) is 59.8 Å². The van der Waals surface area contributed by atoms with E-state index in [1.54, 1.807) is 12.1 Å². The van der Waals surface area contributed by atoms with Crippen LogP contribution in [-0.2, 0) is 49.4 Å². The first-order valence-corrected chi connectivity index (χ1v) is 17.6. The van der Waals surface area contributed by atoms with Crippen molar-refractivity contribution >= 4 is 21.9 Å². The number of hydrogen-bond acceptors (Lipinski definition) is 9. The number of hydrogen-bond donors (Lipinski definition) is 0. The fourth-order valence-corrected chi connectivity index (χ4v) is 6.72. The minimum absolute atomic E-state index is 0.0533. The molecule has 254 valence electrons. The van der Waals surface area contributed by atoms with Gasteiger partial charge < -0.3 is 18.9 Å². The molecular weight excluding hydrogens is 608 g/mol. The Morgan fingerprint density at radius 2 is 1.67 bits per heavy atom. The van der Waals surface area contributed by atoms with Crippen molar-refractivity contribution in [2.75, 3.05) is 13.7 Å². The number of carbonyl (C=O) groups excluding carboxylic acids is 2. The van der Waals surface area contributed by atoms with E-state index in [1.807, 2.05) is 58.0 Å². The van der Waals surface area contributed by atoms with Crippen LogP contribution in [0.2, 0.25) is 0 Å². The molecule has 0 saturated carbocycles. The van der Waals surface area contributed by atoms with Gasteiger partial charge in [0.05, 0.1) is 55.7 Å². The molecule has 3 rings (SSSR count). The number of rotatable bonds is 19. The number of esters is 1. The summed E-state index contributed by atoms with van der Waals surface area (Å²) in [6.07, 6.45) is 4.26. The zero-order valence-electron chi connectivity index (χ0n) is 27.9. The number of ether oxygens (including phenoxy) is 4. The van der Waals surface area contributed by atoms with Crippen LogP contribution in [-0.4, -0.2) is 58.3 Å². The molecule has 1 heterocycles. The number of aryl methyl sites for hydroxylation is 1. The summed E-state index contributed by atoms with van der Waals surface area (Å²) in [6, 6.07) is 16.3. The van der Waals surface area contributed by atoms with Crippen molar-refractivity contribution in [2.24, 2.45) is 17.8 Å². The van der Waals surface area contributed by atoms with Gasteiger partial charge in [-0.25, -0.2) is 0 Å². The molecule has 9 nitrogen and oxygen atoms in total. The molecule has 7 atom stereocenters. The Bertz CT molecular complexity index is 1360. The minimum Gasteiger partial charge on any atom is -0.497 e. The maximum absolute atomic E-state index is 12.9. The van der Waals surface area contributed by atoms with Crippen LogP contribution in [0.5, 0.6) is 0 Å². The summed E-state index contributed by atoms with van der Waals surface area (Å²) in [7, 11) is -2.60. The fourth-order valence-electron chi connectivity index (χ4n) is 5.80. The van der Waals surface area contributed by atoms with Crippen LogP contribution >= 0.6 is 0 Å². The number of carbonyl (C=O) groups is 2. The van der Waals surface area contributed by atoms with Gasteiger partial charge in [-0.2, -0.15) is 8.42 Å². The Hall–Kier alpha value is -3.05. The van der Waals surface area contributed by atoms with Crippen molar-refractivity contribution in [3.63, 3.8) is 0 Å². The van der Waals surface area contributed by atoms with Crippen molar-refractivity contribution in [1.29, 1.82) is 0 Å². The molecule has 0 N–H and O–H groups in total. The molecule has 0 amide bonds. The van der Waals surface area contributed by atoms with Gasteiger partial charge >= 0.3 is 5.97 Å². The molecule has 0 aliphatic carbocycles. The van der Waals surface area contributed by atoms with Gasteiger partial charge in [0.1, 0.15) is 6.10 Å². The summed E-state index contributed by atoms with van der Waals surface area (Å²) < 4.78 is 55.4. The summed E-state index contributed by atoms with van der Waals surface area (Å²) in [5, 5.41) is 0. The smallest absolute Gasteiger partial charge is 0.311 e. The van der Waals surface area contributed by atoms with Crippen molar-refractivity contribution in [2.45, 2.75) is 103 Å². The normalized spacial score (nSPS) is 20.1. The van der Waals surface area contributed by atoms with E-state index in [1.165, 1.54) is 31.6 Å². The maximum atomic E-state index is 12.9. The van der Waals surface area contributed by atoms with E-state index >= 15 is 0 Å². The molecule has 0 aromatic heterocycles. The van der Waals surface area contributed by atoms with Crippen molar-refractivity contribution < 1.29 is 41.1 Å². The van der Waals surface area contributed by atoms with Gasteiger partial charge in [-0.15, -0.1) is 0 Å². The second-order valence-corrected chi connectivity index (χ2v) is 13.8. The van der Waals surface area contributed by atoms with E-state index in [0.717, 1.165) is 30.4 Å². The Morgan fingerprint density at radius 1 is 1.00 bits per heavy atom. The van der Waals surface area contributed by atoms with Crippen LogP contribution in [0, 0.1) is 24.7 Å². The average Bonchev–Trinajstić information content (AvgIpc) is 3.54. The molecule has 1 fully saturated rings.